The number of piperidine rings is 1. The lowest BCUT2D eigenvalue weighted by Gasteiger charge is -2.36. The van der Waals surface area contributed by atoms with Crippen LogP contribution < -0.4 is 15.4 Å². The summed E-state index contributed by atoms with van der Waals surface area (Å²) < 4.78 is 11.8. The topological polar surface area (TPSA) is 135 Å². The Morgan fingerprint density at radius 3 is 2.89 bits per heavy atom. The minimum Gasteiger partial charge on any atom is -0.491 e. The molecule has 2 aliphatic rings. The Kier molecular flexibility index (Phi) is 8.26. The molecule has 3 N–H and O–H groups in total. The average Bonchev–Trinajstić information content (AvgIpc) is 2.93. The van der Waals surface area contributed by atoms with E-state index in [-0.39, 0.29) is 31.2 Å². The first-order valence-electron chi connectivity index (χ1n) is 13.3. The van der Waals surface area contributed by atoms with Crippen LogP contribution in [0.3, 0.4) is 0 Å². The lowest BCUT2D eigenvalue weighted by Crippen LogP contribution is -2.52. The Balaban J connectivity index is 1.43. The number of anilines is 1. The van der Waals surface area contributed by atoms with Crippen molar-refractivity contribution in [3.63, 3.8) is 0 Å². The maximum Gasteiger partial charge on any atom is 0.237 e. The quantitative estimate of drug-likeness (QED) is 0.443. The van der Waals surface area contributed by atoms with Gasteiger partial charge in [0.1, 0.15) is 17.9 Å². The van der Waals surface area contributed by atoms with Gasteiger partial charge in [-0.05, 0) is 44.9 Å². The zero-order valence-corrected chi connectivity index (χ0v) is 21.9. The van der Waals surface area contributed by atoms with E-state index in [0.29, 0.717) is 55.3 Å². The number of likely N-dealkylation sites (N-methyl/N-ethyl adjacent to an activating group) is 1. The predicted molar refractivity (Wildman–Crippen MR) is 143 cm³/mol. The molecule has 2 aromatic heterocycles. The second kappa shape index (κ2) is 12.0. The average molecular weight is 522 g/mol. The number of aliphatic hydroxyl groups excluding tert-OH is 1. The van der Waals surface area contributed by atoms with Gasteiger partial charge in [0.05, 0.1) is 37.1 Å². The molecule has 4 heterocycles. The summed E-state index contributed by atoms with van der Waals surface area (Å²) in [5.74, 6) is 1.85. The Hall–Kier alpha value is -3.41. The number of benzene rings is 1. The summed E-state index contributed by atoms with van der Waals surface area (Å²) in [7, 11) is 2.00. The van der Waals surface area contributed by atoms with Gasteiger partial charge in [0.25, 0.3) is 0 Å². The van der Waals surface area contributed by atoms with E-state index in [1.165, 1.54) is 0 Å². The van der Waals surface area contributed by atoms with Crippen molar-refractivity contribution in [2.45, 2.75) is 57.4 Å². The first-order valence-corrected chi connectivity index (χ1v) is 13.3. The molecule has 202 valence electrons. The number of hydrogen-bond donors (Lipinski definition) is 3. The number of ether oxygens (including phenoxy) is 2. The van der Waals surface area contributed by atoms with Gasteiger partial charge in [-0.2, -0.15) is 0 Å². The minimum atomic E-state index is -0.490. The van der Waals surface area contributed by atoms with E-state index in [1.807, 2.05) is 26.1 Å². The van der Waals surface area contributed by atoms with Crippen LogP contribution in [-0.2, 0) is 16.1 Å². The van der Waals surface area contributed by atoms with Crippen molar-refractivity contribution in [2.24, 2.45) is 0 Å². The van der Waals surface area contributed by atoms with Gasteiger partial charge in [0, 0.05) is 42.7 Å². The van der Waals surface area contributed by atoms with E-state index in [1.54, 1.807) is 18.6 Å². The van der Waals surface area contributed by atoms with Crippen LogP contribution in [-0.4, -0.2) is 87.4 Å². The van der Waals surface area contributed by atoms with E-state index in [9.17, 15) is 9.90 Å². The van der Waals surface area contributed by atoms with Crippen LogP contribution >= 0.6 is 0 Å². The zero-order chi connectivity index (χ0) is 26.5. The number of aliphatic hydroxyl groups is 1. The maximum absolute atomic E-state index is 12.8. The molecule has 0 saturated carbocycles. The fraction of sp³-hybridized carbons (Fsp3) is 0.519. The van der Waals surface area contributed by atoms with Crippen LogP contribution in [0.15, 0.2) is 30.7 Å². The number of hydrogen-bond acceptors (Lipinski definition) is 10. The highest BCUT2D eigenvalue weighted by Gasteiger charge is 2.31. The molecular weight excluding hydrogens is 486 g/mol. The number of rotatable bonds is 6. The van der Waals surface area contributed by atoms with Crippen molar-refractivity contribution >= 4 is 22.8 Å². The Bertz CT molecular complexity index is 1260. The smallest absolute Gasteiger partial charge is 0.237 e. The van der Waals surface area contributed by atoms with Crippen molar-refractivity contribution in [3.8, 4) is 16.9 Å². The highest BCUT2D eigenvalue weighted by atomic mass is 16.5. The molecule has 1 fully saturated rings. The molecule has 2 unspecified atom stereocenters. The highest BCUT2D eigenvalue weighted by Crippen LogP contribution is 2.36. The monoisotopic (exact) mass is 521 g/mol. The van der Waals surface area contributed by atoms with Crippen molar-refractivity contribution < 1.29 is 19.4 Å². The number of likely N-dealkylation sites (tertiary alicyclic amines) is 1. The summed E-state index contributed by atoms with van der Waals surface area (Å²) in [5, 5.41) is 16.2. The van der Waals surface area contributed by atoms with Crippen LogP contribution in [0, 0.1) is 0 Å². The summed E-state index contributed by atoms with van der Waals surface area (Å²) in [6, 6.07) is 3.81. The molecule has 3 atom stereocenters. The van der Waals surface area contributed by atoms with Gasteiger partial charge < -0.3 is 25.2 Å². The molecule has 0 aliphatic carbocycles. The molecular formula is C27H35N7O4. The van der Waals surface area contributed by atoms with E-state index in [4.69, 9.17) is 14.5 Å². The van der Waals surface area contributed by atoms with E-state index in [2.05, 4.69) is 30.5 Å². The van der Waals surface area contributed by atoms with Crippen LogP contribution in [0.2, 0.25) is 0 Å². The number of amides is 1. The van der Waals surface area contributed by atoms with Crippen molar-refractivity contribution in [1.29, 1.82) is 0 Å². The number of nitrogens with one attached hydrogen (secondary N) is 2. The van der Waals surface area contributed by atoms with Gasteiger partial charge in [-0.15, -0.1) is 0 Å². The largest absolute Gasteiger partial charge is 0.491 e. The highest BCUT2D eigenvalue weighted by molar-refractivity contribution is 5.90. The number of fused-ring (bicyclic) bond motifs is 3. The summed E-state index contributed by atoms with van der Waals surface area (Å²) in [5.41, 5.74) is 3.00. The molecule has 5 rings (SSSR count). The summed E-state index contributed by atoms with van der Waals surface area (Å²) in [4.78, 5) is 33.4. The third-order valence-corrected chi connectivity index (χ3v) is 7.09. The first kappa shape index (κ1) is 26.2. The molecule has 2 aliphatic heterocycles. The summed E-state index contributed by atoms with van der Waals surface area (Å²) >= 11 is 0. The molecule has 11 nitrogen and oxygen atoms in total. The Morgan fingerprint density at radius 2 is 2.08 bits per heavy atom. The van der Waals surface area contributed by atoms with Crippen LogP contribution in [0.4, 0.5) is 5.82 Å². The molecule has 4 bridgehead atoms. The molecule has 1 amide bonds. The van der Waals surface area contributed by atoms with Gasteiger partial charge in [-0.25, -0.2) is 15.0 Å². The third kappa shape index (κ3) is 6.01. The zero-order valence-electron chi connectivity index (χ0n) is 21.9. The maximum atomic E-state index is 12.8. The Morgan fingerprint density at radius 1 is 1.24 bits per heavy atom. The van der Waals surface area contributed by atoms with Crippen LogP contribution in [0.1, 0.15) is 38.4 Å². The van der Waals surface area contributed by atoms with Crippen molar-refractivity contribution in [3.05, 3.63) is 36.5 Å². The second-order valence-corrected chi connectivity index (χ2v) is 9.89. The molecule has 1 saturated heterocycles. The van der Waals surface area contributed by atoms with Gasteiger partial charge in [-0.3, -0.25) is 14.7 Å². The van der Waals surface area contributed by atoms with Crippen molar-refractivity contribution in [2.75, 3.05) is 38.7 Å². The number of carbonyl (C=O) groups is 1. The fourth-order valence-electron chi connectivity index (χ4n) is 4.77. The molecule has 0 radical (unpaired) electrons. The van der Waals surface area contributed by atoms with E-state index < -0.39 is 6.10 Å². The third-order valence-electron chi connectivity index (χ3n) is 7.09. The van der Waals surface area contributed by atoms with Gasteiger partial charge in [0.2, 0.25) is 5.91 Å². The van der Waals surface area contributed by atoms with Crippen LogP contribution in [0.25, 0.3) is 22.2 Å². The van der Waals surface area contributed by atoms with Crippen molar-refractivity contribution in [1.82, 2.24) is 30.2 Å². The lowest BCUT2D eigenvalue weighted by molar-refractivity contribution is -0.127. The Labute approximate surface area is 222 Å². The molecule has 3 aromatic rings. The minimum absolute atomic E-state index is 0.0455. The second-order valence-electron chi connectivity index (χ2n) is 9.89. The fourth-order valence-corrected chi connectivity index (χ4v) is 4.77. The van der Waals surface area contributed by atoms with E-state index >= 15 is 0 Å². The lowest BCUT2D eigenvalue weighted by atomic mass is 9.97. The van der Waals surface area contributed by atoms with Gasteiger partial charge in [-0.1, -0.05) is 6.92 Å². The first-order chi connectivity index (χ1) is 18.5. The predicted octanol–water partition coefficient (Wildman–Crippen LogP) is 2.15. The SMILES string of the molecule is CCC(O)COCc1ncc(-c2ccc3ncc4nc3c2OCCCNC(=O)[C@@H]2CC(CCN2C)N4)cn1. The molecule has 0 spiro atoms. The molecule has 38 heavy (non-hydrogen) atoms. The standard InChI is InChI=1S/C27H35N7O4/c1-3-19(35)15-37-16-24-30-12-17(13-31-24)20-5-6-21-25-26(20)38-10-4-8-28-27(36)22-11-18(7-9-34(22)2)32-23(33-25)14-29-21/h5-6,12-14,18-19,22,35H,3-4,7-11,15-16H2,1-2H3,(H,28,36)(H,32,33)/t18?,19?,22-/m0/s1. The molecule has 1 aromatic carbocycles. The van der Waals surface area contributed by atoms with Gasteiger partial charge >= 0.3 is 0 Å². The summed E-state index contributed by atoms with van der Waals surface area (Å²) in [6.45, 7) is 4.14. The number of aromatic nitrogens is 4. The summed E-state index contributed by atoms with van der Waals surface area (Å²) in [6.07, 6.45) is 7.63. The normalized spacial score (nSPS) is 21.3. The van der Waals surface area contributed by atoms with E-state index in [0.717, 1.165) is 29.6 Å². The van der Waals surface area contributed by atoms with Gasteiger partial charge in [0.15, 0.2) is 11.6 Å². The number of nitrogens with zero attached hydrogens (tertiary/aromatic N) is 5. The van der Waals surface area contributed by atoms with Crippen LogP contribution in [0.5, 0.6) is 5.75 Å². The molecule has 11 heteroatoms. The number of carbonyl (C=O) groups excluding carboxylic acids is 1.